The fourth-order valence-corrected chi connectivity index (χ4v) is 3.33. The van der Waals surface area contributed by atoms with E-state index in [0.29, 0.717) is 13.1 Å². The molecule has 0 bridgehead atoms. The van der Waals surface area contributed by atoms with E-state index in [1.807, 2.05) is 0 Å². The fourth-order valence-electron chi connectivity index (χ4n) is 2.24. The van der Waals surface area contributed by atoms with Gasteiger partial charge >= 0.3 is 0 Å². The molecule has 0 unspecified atom stereocenters. The SMILES string of the molecule is CCCCCCCCCCNS(=O)(=O)c1c[nH]c(CN)c1. The topological polar surface area (TPSA) is 88.0 Å². The molecule has 1 heterocycles. The highest BCUT2D eigenvalue weighted by molar-refractivity contribution is 7.89. The summed E-state index contributed by atoms with van der Waals surface area (Å²) in [6.07, 6.45) is 11.1. The second kappa shape index (κ2) is 9.97. The van der Waals surface area contributed by atoms with Gasteiger partial charge in [0.05, 0.1) is 4.90 Å². The largest absolute Gasteiger partial charge is 0.363 e. The lowest BCUT2D eigenvalue weighted by Gasteiger charge is -2.05. The number of hydrogen-bond donors (Lipinski definition) is 3. The standard InChI is InChI=1S/C15H29N3O2S/c1-2-3-4-5-6-7-8-9-10-18-21(19,20)15-11-14(12-16)17-13-15/h11,13,17-18H,2-10,12,16H2,1H3. The van der Waals surface area contributed by atoms with Crippen molar-refractivity contribution in [1.29, 1.82) is 0 Å². The number of nitrogens with two attached hydrogens (primary N) is 1. The summed E-state index contributed by atoms with van der Waals surface area (Å²) in [6, 6.07) is 1.58. The molecule has 0 amide bonds. The van der Waals surface area contributed by atoms with E-state index in [1.54, 1.807) is 6.07 Å². The summed E-state index contributed by atoms with van der Waals surface area (Å²) in [7, 11) is -3.39. The van der Waals surface area contributed by atoms with Gasteiger partial charge < -0.3 is 10.7 Å². The highest BCUT2D eigenvalue weighted by atomic mass is 32.2. The van der Waals surface area contributed by atoms with E-state index in [2.05, 4.69) is 16.6 Å². The van der Waals surface area contributed by atoms with Crippen LogP contribution in [-0.2, 0) is 16.6 Å². The van der Waals surface area contributed by atoms with Gasteiger partial charge in [0.25, 0.3) is 0 Å². The highest BCUT2D eigenvalue weighted by Crippen LogP contribution is 2.11. The van der Waals surface area contributed by atoms with Gasteiger partial charge in [-0.05, 0) is 12.5 Å². The summed E-state index contributed by atoms with van der Waals surface area (Å²) >= 11 is 0. The van der Waals surface area contributed by atoms with Crippen LogP contribution < -0.4 is 10.5 Å². The summed E-state index contributed by atoms with van der Waals surface area (Å²) in [5.74, 6) is 0. The molecule has 6 heteroatoms. The van der Waals surface area contributed by atoms with E-state index in [4.69, 9.17) is 5.73 Å². The molecule has 0 atom stereocenters. The van der Waals surface area contributed by atoms with E-state index >= 15 is 0 Å². The number of aromatic amines is 1. The molecule has 4 N–H and O–H groups in total. The quantitative estimate of drug-likeness (QED) is 0.518. The number of hydrogen-bond acceptors (Lipinski definition) is 3. The molecule has 1 rings (SSSR count). The second-order valence-corrected chi connectivity index (χ2v) is 7.20. The normalized spacial score (nSPS) is 11.9. The molecule has 0 spiro atoms. The Balaban J connectivity index is 2.14. The van der Waals surface area contributed by atoms with Crippen LogP contribution in [0.25, 0.3) is 0 Å². The first-order valence-corrected chi connectivity index (χ1v) is 9.45. The van der Waals surface area contributed by atoms with Gasteiger partial charge in [-0.1, -0.05) is 51.9 Å². The Kier molecular flexibility index (Phi) is 8.64. The molecule has 21 heavy (non-hydrogen) atoms. The zero-order chi connectivity index (χ0) is 15.6. The molecule has 0 saturated heterocycles. The van der Waals surface area contributed by atoms with Crippen molar-refractivity contribution in [3.8, 4) is 0 Å². The molecule has 1 aromatic heterocycles. The molecule has 5 nitrogen and oxygen atoms in total. The Hall–Kier alpha value is -0.850. The molecule has 0 aliphatic carbocycles. The maximum Gasteiger partial charge on any atom is 0.242 e. The number of aromatic nitrogens is 1. The number of nitrogens with one attached hydrogen (secondary N) is 2. The summed E-state index contributed by atoms with van der Waals surface area (Å²) < 4.78 is 26.6. The number of H-pyrrole nitrogens is 1. The summed E-state index contributed by atoms with van der Waals surface area (Å²) in [4.78, 5) is 3.12. The molecule has 0 radical (unpaired) electrons. The first kappa shape index (κ1) is 18.2. The van der Waals surface area contributed by atoms with Gasteiger partial charge in [-0.3, -0.25) is 0 Å². The lowest BCUT2D eigenvalue weighted by Crippen LogP contribution is -2.24. The Morgan fingerprint density at radius 1 is 1.10 bits per heavy atom. The van der Waals surface area contributed by atoms with Crippen molar-refractivity contribution in [2.45, 2.75) is 69.7 Å². The third-order valence-electron chi connectivity index (χ3n) is 3.57. The predicted molar refractivity (Wildman–Crippen MR) is 86.5 cm³/mol. The van der Waals surface area contributed by atoms with Gasteiger partial charge in [-0.15, -0.1) is 0 Å². The summed E-state index contributed by atoms with van der Waals surface area (Å²) in [5.41, 5.74) is 6.18. The minimum atomic E-state index is -3.39. The van der Waals surface area contributed by atoms with Gasteiger partial charge in [0.15, 0.2) is 0 Å². The van der Waals surface area contributed by atoms with Crippen LogP contribution in [0.15, 0.2) is 17.2 Å². The van der Waals surface area contributed by atoms with Crippen LogP contribution in [-0.4, -0.2) is 19.9 Å². The lowest BCUT2D eigenvalue weighted by molar-refractivity contribution is 0.559. The van der Waals surface area contributed by atoms with E-state index in [-0.39, 0.29) is 4.90 Å². The van der Waals surface area contributed by atoms with Crippen molar-refractivity contribution in [3.05, 3.63) is 18.0 Å². The molecule has 122 valence electrons. The van der Waals surface area contributed by atoms with Gasteiger partial charge in [-0.2, -0.15) is 0 Å². The van der Waals surface area contributed by atoms with Gasteiger partial charge in [-0.25, -0.2) is 13.1 Å². The van der Waals surface area contributed by atoms with E-state index < -0.39 is 10.0 Å². The predicted octanol–water partition coefficient (Wildman–Crippen LogP) is 2.89. The van der Waals surface area contributed by atoms with Crippen molar-refractivity contribution in [2.75, 3.05) is 6.54 Å². The monoisotopic (exact) mass is 315 g/mol. The molecular weight excluding hydrogens is 286 g/mol. The zero-order valence-electron chi connectivity index (χ0n) is 13.0. The lowest BCUT2D eigenvalue weighted by atomic mass is 10.1. The molecule has 0 aliphatic rings. The molecule has 0 fully saturated rings. The first-order valence-electron chi connectivity index (χ1n) is 7.97. The van der Waals surface area contributed by atoms with Crippen molar-refractivity contribution in [3.63, 3.8) is 0 Å². The van der Waals surface area contributed by atoms with Crippen molar-refractivity contribution in [1.82, 2.24) is 9.71 Å². The Bertz CT molecular complexity index is 483. The first-order chi connectivity index (χ1) is 10.1. The van der Waals surface area contributed by atoms with Crippen molar-refractivity contribution < 1.29 is 8.42 Å². The minimum Gasteiger partial charge on any atom is -0.363 e. The van der Waals surface area contributed by atoms with Crippen LogP contribution in [0, 0.1) is 0 Å². The van der Waals surface area contributed by atoms with Crippen LogP contribution in [0.1, 0.15) is 64.0 Å². The third-order valence-corrected chi connectivity index (χ3v) is 5.01. The van der Waals surface area contributed by atoms with Gasteiger partial charge in [0.1, 0.15) is 0 Å². The zero-order valence-corrected chi connectivity index (χ0v) is 13.8. The highest BCUT2D eigenvalue weighted by Gasteiger charge is 2.14. The summed E-state index contributed by atoms with van der Waals surface area (Å²) in [6.45, 7) is 3.03. The van der Waals surface area contributed by atoms with E-state index in [0.717, 1.165) is 18.5 Å². The van der Waals surface area contributed by atoms with Crippen LogP contribution in [0.4, 0.5) is 0 Å². The Morgan fingerprint density at radius 3 is 2.29 bits per heavy atom. The maximum atomic E-state index is 12.0. The van der Waals surface area contributed by atoms with Crippen LogP contribution in [0.2, 0.25) is 0 Å². The van der Waals surface area contributed by atoms with E-state index in [1.165, 1.54) is 44.7 Å². The molecular formula is C15H29N3O2S. The average molecular weight is 315 g/mol. The maximum absolute atomic E-state index is 12.0. The minimum absolute atomic E-state index is 0.266. The van der Waals surface area contributed by atoms with Crippen LogP contribution in [0.5, 0.6) is 0 Å². The third kappa shape index (κ3) is 7.11. The molecule has 1 aromatic rings. The number of sulfonamides is 1. The van der Waals surface area contributed by atoms with Crippen molar-refractivity contribution >= 4 is 10.0 Å². The molecule has 0 saturated carbocycles. The average Bonchev–Trinajstić information content (AvgIpc) is 2.95. The van der Waals surface area contributed by atoms with Crippen LogP contribution in [0.3, 0.4) is 0 Å². The Labute approximate surface area is 128 Å². The number of unbranched alkanes of at least 4 members (excludes halogenated alkanes) is 7. The number of rotatable bonds is 12. The van der Waals surface area contributed by atoms with Gasteiger partial charge in [0.2, 0.25) is 10.0 Å². The van der Waals surface area contributed by atoms with Crippen LogP contribution >= 0.6 is 0 Å². The van der Waals surface area contributed by atoms with E-state index in [9.17, 15) is 8.42 Å². The van der Waals surface area contributed by atoms with Gasteiger partial charge in [0, 0.05) is 25.0 Å². The molecule has 0 aliphatic heterocycles. The smallest absolute Gasteiger partial charge is 0.242 e. The second-order valence-electron chi connectivity index (χ2n) is 5.44. The fraction of sp³-hybridized carbons (Fsp3) is 0.733. The summed E-state index contributed by atoms with van der Waals surface area (Å²) in [5, 5.41) is 0. The molecule has 0 aromatic carbocycles. The van der Waals surface area contributed by atoms with Crippen molar-refractivity contribution in [2.24, 2.45) is 5.73 Å². The Morgan fingerprint density at radius 2 is 1.71 bits per heavy atom.